The zero-order valence-corrected chi connectivity index (χ0v) is 20.8. The predicted molar refractivity (Wildman–Crippen MR) is 133 cm³/mol. The second-order valence-corrected chi connectivity index (χ2v) is 10.0. The number of nitrogens with zero attached hydrogens (tertiary/aromatic N) is 1. The zero-order valence-electron chi connectivity index (χ0n) is 19.3. The fraction of sp³-hybridized carbons (Fsp3) is 0.400. The Morgan fingerprint density at radius 3 is 2.63 bits per heavy atom. The molecule has 2 aromatic carbocycles. The Bertz CT molecular complexity index is 1070. The first-order valence-electron chi connectivity index (χ1n) is 11.5. The fourth-order valence-corrected chi connectivity index (χ4v) is 5.03. The summed E-state index contributed by atoms with van der Waals surface area (Å²) in [5.74, 6) is 1.04. The molecule has 2 aliphatic heterocycles. The molecule has 3 amide bonds. The molecular formula is C25H27ClN2O6S. The summed E-state index contributed by atoms with van der Waals surface area (Å²) in [5, 5.41) is 2.17. The summed E-state index contributed by atoms with van der Waals surface area (Å²) in [4.78, 5) is 37.4. The van der Waals surface area contributed by atoms with Gasteiger partial charge in [-0.15, -0.1) is 0 Å². The first kappa shape index (κ1) is 25.2. The molecule has 0 radical (unpaired) electrons. The molecule has 0 aliphatic carbocycles. The lowest BCUT2D eigenvalue weighted by atomic mass is 10.1. The summed E-state index contributed by atoms with van der Waals surface area (Å²) in [6.45, 7) is 3.06. The van der Waals surface area contributed by atoms with Gasteiger partial charge >= 0.3 is 6.09 Å². The summed E-state index contributed by atoms with van der Waals surface area (Å²) in [7, 11) is 0. The van der Waals surface area contributed by atoms with Gasteiger partial charge in [-0.1, -0.05) is 54.9 Å². The van der Waals surface area contributed by atoms with Gasteiger partial charge < -0.3 is 14.2 Å². The molecule has 10 heteroatoms. The van der Waals surface area contributed by atoms with Crippen LogP contribution in [0.2, 0.25) is 5.02 Å². The molecule has 2 aromatic rings. The number of amides is 3. The predicted octanol–water partition coefficient (Wildman–Crippen LogP) is 4.68. The van der Waals surface area contributed by atoms with Crippen LogP contribution in [0.1, 0.15) is 25.3 Å². The molecule has 0 aromatic heterocycles. The fourth-order valence-electron chi connectivity index (χ4n) is 3.99. The van der Waals surface area contributed by atoms with Crippen molar-refractivity contribution < 1.29 is 28.6 Å². The van der Waals surface area contributed by atoms with Crippen molar-refractivity contribution in [2.24, 2.45) is 0 Å². The van der Waals surface area contributed by atoms with Crippen LogP contribution in [0.25, 0.3) is 0 Å². The summed E-state index contributed by atoms with van der Waals surface area (Å²) >= 11 is 7.00. The van der Waals surface area contributed by atoms with Crippen LogP contribution in [-0.2, 0) is 16.0 Å². The van der Waals surface area contributed by atoms with Crippen molar-refractivity contribution >= 4 is 40.6 Å². The molecule has 0 saturated carbocycles. The van der Waals surface area contributed by atoms with Crippen LogP contribution in [0.4, 0.5) is 9.59 Å². The minimum absolute atomic E-state index is 0.132. The smallest absolute Gasteiger partial charge is 0.410 e. The average molecular weight is 519 g/mol. The van der Waals surface area contributed by atoms with Crippen molar-refractivity contribution in [3.05, 3.63) is 59.1 Å². The van der Waals surface area contributed by atoms with Gasteiger partial charge in [0.25, 0.3) is 5.24 Å². The summed E-state index contributed by atoms with van der Waals surface area (Å²) in [5.41, 5.74) is 0.940. The maximum absolute atomic E-state index is 12.5. The van der Waals surface area contributed by atoms with Crippen LogP contribution in [-0.4, -0.2) is 59.3 Å². The minimum atomic E-state index is -0.403. The molecule has 3 atom stereocenters. The third kappa shape index (κ3) is 6.82. The first-order chi connectivity index (χ1) is 16.9. The van der Waals surface area contributed by atoms with E-state index in [1.807, 2.05) is 24.3 Å². The molecule has 2 fully saturated rings. The molecule has 2 aliphatic rings. The number of imide groups is 1. The van der Waals surface area contributed by atoms with E-state index in [1.165, 1.54) is 0 Å². The van der Waals surface area contributed by atoms with Crippen LogP contribution in [0.3, 0.4) is 0 Å². The second-order valence-electron chi connectivity index (χ2n) is 8.41. The number of carbonyl (C=O) groups is 3. The maximum atomic E-state index is 12.5. The van der Waals surface area contributed by atoms with E-state index >= 15 is 0 Å². The van der Waals surface area contributed by atoms with E-state index in [9.17, 15) is 14.4 Å². The standard InChI is InChI=1S/C25H27ClN2O6S/c1-2-4-18(28-13-21(34-25(28)31)15-33-20-6-3-5-17(26)12-20)14-32-19-9-7-16(8-10-19)11-22-23(29)27-24(30)35-22/h3,5-10,12,18,21-22H,2,4,11,13-15H2,1H3,(H,27,29,30). The lowest BCUT2D eigenvalue weighted by molar-refractivity contribution is -0.118. The maximum Gasteiger partial charge on any atom is 0.410 e. The molecule has 2 saturated heterocycles. The molecule has 0 bridgehead atoms. The lowest BCUT2D eigenvalue weighted by Crippen LogP contribution is -2.40. The summed E-state index contributed by atoms with van der Waals surface area (Å²) in [6.07, 6.45) is 1.39. The first-order valence-corrected chi connectivity index (χ1v) is 12.8. The van der Waals surface area contributed by atoms with E-state index in [0.717, 1.165) is 30.2 Å². The third-order valence-electron chi connectivity index (χ3n) is 5.75. The number of benzene rings is 2. The number of cyclic esters (lactones) is 1. The van der Waals surface area contributed by atoms with Gasteiger partial charge in [0.05, 0.1) is 17.8 Å². The lowest BCUT2D eigenvalue weighted by Gasteiger charge is -2.25. The van der Waals surface area contributed by atoms with Crippen molar-refractivity contribution in [3.63, 3.8) is 0 Å². The number of thioether (sulfide) groups is 1. The quantitative estimate of drug-likeness (QED) is 0.461. The molecule has 35 heavy (non-hydrogen) atoms. The Hall–Kier alpha value is -2.91. The highest BCUT2D eigenvalue weighted by Gasteiger charge is 2.36. The topological polar surface area (TPSA) is 94.2 Å². The molecular weight excluding hydrogens is 492 g/mol. The Labute approximate surface area is 213 Å². The number of ether oxygens (including phenoxy) is 3. The number of nitrogens with one attached hydrogen (secondary N) is 1. The van der Waals surface area contributed by atoms with Crippen LogP contribution >= 0.6 is 23.4 Å². The van der Waals surface area contributed by atoms with Gasteiger partial charge in [-0.05, 0) is 48.7 Å². The van der Waals surface area contributed by atoms with Gasteiger partial charge in [-0.3, -0.25) is 19.8 Å². The van der Waals surface area contributed by atoms with E-state index in [-0.39, 0.29) is 36.0 Å². The average Bonchev–Trinajstić information content (AvgIpc) is 3.36. The highest BCUT2D eigenvalue weighted by molar-refractivity contribution is 8.15. The molecule has 186 valence electrons. The molecule has 1 N–H and O–H groups in total. The van der Waals surface area contributed by atoms with Gasteiger partial charge in [0.2, 0.25) is 5.91 Å². The number of halogens is 1. The summed E-state index contributed by atoms with van der Waals surface area (Å²) < 4.78 is 17.2. The normalized spacial score (nSPS) is 20.5. The van der Waals surface area contributed by atoms with Crippen LogP contribution in [0, 0.1) is 0 Å². The van der Waals surface area contributed by atoms with Gasteiger partial charge in [0, 0.05) is 5.02 Å². The molecule has 0 spiro atoms. The minimum Gasteiger partial charge on any atom is -0.491 e. The van der Waals surface area contributed by atoms with Crippen molar-refractivity contribution in [3.8, 4) is 11.5 Å². The number of carbonyl (C=O) groups excluding carboxylic acids is 3. The van der Waals surface area contributed by atoms with Crippen LogP contribution in [0.5, 0.6) is 11.5 Å². The molecule has 4 rings (SSSR count). The van der Waals surface area contributed by atoms with E-state index < -0.39 is 5.25 Å². The van der Waals surface area contributed by atoms with Crippen molar-refractivity contribution in [1.29, 1.82) is 0 Å². The Balaban J connectivity index is 1.28. The van der Waals surface area contributed by atoms with Crippen LogP contribution in [0.15, 0.2) is 48.5 Å². The van der Waals surface area contributed by atoms with Crippen molar-refractivity contribution in [2.45, 2.75) is 43.6 Å². The number of hydrogen-bond donors (Lipinski definition) is 1. The second kappa shape index (κ2) is 11.7. The van der Waals surface area contributed by atoms with Crippen molar-refractivity contribution in [1.82, 2.24) is 10.2 Å². The molecule has 2 heterocycles. The Kier molecular flexibility index (Phi) is 8.41. The summed E-state index contributed by atoms with van der Waals surface area (Å²) in [6, 6.07) is 14.4. The monoisotopic (exact) mass is 518 g/mol. The van der Waals surface area contributed by atoms with Gasteiger partial charge in [-0.2, -0.15) is 0 Å². The van der Waals surface area contributed by atoms with E-state index in [1.54, 1.807) is 29.2 Å². The highest BCUT2D eigenvalue weighted by Crippen LogP contribution is 2.25. The van der Waals surface area contributed by atoms with Gasteiger partial charge in [0.1, 0.15) is 24.7 Å². The van der Waals surface area contributed by atoms with E-state index in [4.69, 9.17) is 25.8 Å². The zero-order chi connectivity index (χ0) is 24.8. The van der Waals surface area contributed by atoms with E-state index in [0.29, 0.717) is 36.1 Å². The van der Waals surface area contributed by atoms with Gasteiger partial charge in [-0.25, -0.2) is 4.79 Å². The highest BCUT2D eigenvalue weighted by atomic mass is 35.5. The van der Waals surface area contributed by atoms with Gasteiger partial charge in [0.15, 0.2) is 6.10 Å². The molecule has 3 unspecified atom stereocenters. The largest absolute Gasteiger partial charge is 0.491 e. The van der Waals surface area contributed by atoms with Crippen molar-refractivity contribution in [2.75, 3.05) is 19.8 Å². The van der Waals surface area contributed by atoms with E-state index in [2.05, 4.69) is 12.2 Å². The Morgan fingerprint density at radius 1 is 1.14 bits per heavy atom. The number of rotatable bonds is 11. The number of hydrogen-bond acceptors (Lipinski definition) is 7. The SMILES string of the molecule is CCCC(COc1ccc(CC2SC(=O)NC2=O)cc1)N1CC(COc2cccc(Cl)c2)OC1=O. The van der Waals surface area contributed by atoms with Crippen LogP contribution < -0.4 is 14.8 Å². The molecule has 8 nitrogen and oxygen atoms in total. The Morgan fingerprint density at radius 2 is 1.94 bits per heavy atom. The third-order valence-corrected chi connectivity index (χ3v) is 6.97.